The number of halogens is 4. The molecule has 3 rings (SSSR count). The minimum absolute atomic E-state index is 0.0259. The van der Waals surface area contributed by atoms with E-state index in [1.54, 1.807) is 0 Å². The largest absolute Gasteiger partial charge is 0.288 e. The Bertz CT molecular complexity index is 953. The van der Waals surface area contributed by atoms with Gasteiger partial charge >= 0.3 is 0 Å². The highest BCUT2D eigenvalue weighted by molar-refractivity contribution is 6.35. The molecule has 0 spiro atoms. The maximum Gasteiger partial charge on any atom is 0.198 e. The van der Waals surface area contributed by atoms with Crippen molar-refractivity contribution in [3.05, 3.63) is 76.2 Å². The van der Waals surface area contributed by atoms with Crippen molar-refractivity contribution in [1.29, 1.82) is 0 Å². The van der Waals surface area contributed by atoms with Crippen LogP contribution in [0.2, 0.25) is 5.02 Å². The van der Waals surface area contributed by atoms with Crippen LogP contribution < -0.4 is 0 Å². The van der Waals surface area contributed by atoms with Gasteiger partial charge in [-0.1, -0.05) is 11.6 Å². The normalized spacial score (nSPS) is 10.9. The van der Waals surface area contributed by atoms with Gasteiger partial charge in [-0.05, 0) is 30.3 Å². The fraction of sp³-hybridized carbons (Fsp3) is 0.0588. The number of carbonyl (C=O) groups is 1. The van der Waals surface area contributed by atoms with Gasteiger partial charge in [-0.2, -0.15) is 5.10 Å². The first-order valence-corrected chi connectivity index (χ1v) is 7.23. The van der Waals surface area contributed by atoms with Gasteiger partial charge in [0.2, 0.25) is 0 Å². The first-order chi connectivity index (χ1) is 11.4. The standard InChI is InChI=1S/C17H10ClF3N2O/c1-23-16(12-5-3-10(20)7-15(12)21)13(8-22-23)17(24)11-4-2-9(19)6-14(11)18/h2-8H,1H3. The lowest BCUT2D eigenvalue weighted by Gasteiger charge is -2.08. The molecule has 0 radical (unpaired) electrons. The molecule has 2 aromatic carbocycles. The molecule has 0 aliphatic heterocycles. The Morgan fingerprint density at radius 3 is 2.38 bits per heavy atom. The van der Waals surface area contributed by atoms with Gasteiger partial charge < -0.3 is 0 Å². The third-order valence-corrected chi connectivity index (χ3v) is 3.86. The Labute approximate surface area is 140 Å². The molecule has 24 heavy (non-hydrogen) atoms. The molecule has 0 aliphatic carbocycles. The highest BCUT2D eigenvalue weighted by Crippen LogP contribution is 2.29. The molecule has 0 aliphatic rings. The maximum atomic E-state index is 14.1. The average molecular weight is 351 g/mol. The van der Waals surface area contributed by atoms with E-state index in [1.807, 2.05) is 0 Å². The average Bonchev–Trinajstić information content (AvgIpc) is 2.88. The quantitative estimate of drug-likeness (QED) is 0.657. The van der Waals surface area contributed by atoms with Crippen LogP contribution in [-0.4, -0.2) is 15.6 Å². The van der Waals surface area contributed by atoms with E-state index in [-0.39, 0.29) is 27.4 Å². The molecule has 0 saturated carbocycles. The summed E-state index contributed by atoms with van der Waals surface area (Å²) in [7, 11) is 1.53. The smallest absolute Gasteiger partial charge is 0.198 e. The second kappa shape index (κ2) is 6.13. The summed E-state index contributed by atoms with van der Waals surface area (Å²) in [5, 5.41) is 3.91. The zero-order valence-electron chi connectivity index (χ0n) is 12.4. The van der Waals surface area contributed by atoms with Gasteiger partial charge in [0.05, 0.1) is 22.5 Å². The number of carbonyl (C=O) groups excluding carboxylic acids is 1. The van der Waals surface area contributed by atoms with Gasteiger partial charge in [0.1, 0.15) is 17.5 Å². The van der Waals surface area contributed by atoms with Crippen molar-refractivity contribution in [2.45, 2.75) is 0 Å². The number of nitrogens with zero attached hydrogens (tertiary/aromatic N) is 2. The Hall–Kier alpha value is -2.60. The van der Waals surface area contributed by atoms with Crippen molar-refractivity contribution in [1.82, 2.24) is 9.78 Å². The highest BCUT2D eigenvalue weighted by atomic mass is 35.5. The lowest BCUT2D eigenvalue weighted by atomic mass is 9.99. The molecule has 0 atom stereocenters. The number of hydrogen-bond donors (Lipinski definition) is 0. The van der Waals surface area contributed by atoms with E-state index in [1.165, 1.54) is 30.1 Å². The first kappa shape index (κ1) is 16.3. The summed E-state index contributed by atoms with van der Waals surface area (Å²) in [6, 6.07) is 6.41. The van der Waals surface area contributed by atoms with Crippen LogP contribution in [0.1, 0.15) is 15.9 Å². The Morgan fingerprint density at radius 1 is 1.04 bits per heavy atom. The van der Waals surface area contributed by atoms with Crippen molar-refractivity contribution < 1.29 is 18.0 Å². The number of aryl methyl sites for hydroxylation is 1. The van der Waals surface area contributed by atoms with Crippen LogP contribution in [0.25, 0.3) is 11.3 Å². The van der Waals surface area contributed by atoms with Crippen molar-refractivity contribution in [2.75, 3.05) is 0 Å². The molecule has 0 fully saturated rings. The van der Waals surface area contributed by atoms with Crippen LogP contribution in [0.3, 0.4) is 0 Å². The summed E-state index contributed by atoms with van der Waals surface area (Å²) in [6.07, 6.45) is 1.26. The third kappa shape index (κ3) is 2.80. The van der Waals surface area contributed by atoms with Gasteiger partial charge in [-0.25, -0.2) is 13.2 Å². The lowest BCUT2D eigenvalue weighted by molar-refractivity contribution is 0.103. The summed E-state index contributed by atoms with van der Waals surface area (Å²) >= 11 is 5.92. The maximum absolute atomic E-state index is 14.1. The van der Waals surface area contributed by atoms with Gasteiger partial charge in [-0.3, -0.25) is 9.48 Å². The monoisotopic (exact) mass is 350 g/mol. The molecule has 3 nitrogen and oxygen atoms in total. The topological polar surface area (TPSA) is 34.9 Å². The molecule has 1 heterocycles. The van der Waals surface area contributed by atoms with E-state index in [4.69, 9.17) is 11.6 Å². The molecule has 0 saturated heterocycles. The second-order valence-corrected chi connectivity index (χ2v) is 5.52. The van der Waals surface area contributed by atoms with E-state index in [0.29, 0.717) is 0 Å². The van der Waals surface area contributed by atoms with Crippen LogP contribution in [0, 0.1) is 17.5 Å². The number of aromatic nitrogens is 2. The predicted molar refractivity (Wildman–Crippen MR) is 83.4 cm³/mol. The zero-order chi connectivity index (χ0) is 17.4. The molecule has 0 amide bonds. The third-order valence-electron chi connectivity index (χ3n) is 3.55. The fourth-order valence-electron chi connectivity index (χ4n) is 2.42. The summed E-state index contributed by atoms with van der Waals surface area (Å²) in [4.78, 5) is 12.7. The Balaban J connectivity index is 2.15. The summed E-state index contributed by atoms with van der Waals surface area (Å²) in [5.41, 5.74) is 0.349. The van der Waals surface area contributed by atoms with E-state index >= 15 is 0 Å². The number of hydrogen-bond acceptors (Lipinski definition) is 2. The lowest BCUT2D eigenvalue weighted by Crippen LogP contribution is -2.06. The predicted octanol–water partition coefficient (Wildman–Crippen LogP) is 4.39. The first-order valence-electron chi connectivity index (χ1n) is 6.85. The van der Waals surface area contributed by atoms with Crippen molar-refractivity contribution in [3.8, 4) is 11.3 Å². The minimum Gasteiger partial charge on any atom is -0.288 e. The van der Waals surface area contributed by atoms with Crippen LogP contribution in [0.4, 0.5) is 13.2 Å². The van der Waals surface area contributed by atoms with Gasteiger partial charge in [0, 0.05) is 24.2 Å². The highest BCUT2D eigenvalue weighted by Gasteiger charge is 2.23. The minimum atomic E-state index is -0.821. The van der Waals surface area contributed by atoms with Gasteiger partial charge in [0.25, 0.3) is 0 Å². The Morgan fingerprint density at radius 2 is 1.71 bits per heavy atom. The molecule has 7 heteroatoms. The molecule has 0 N–H and O–H groups in total. The molecule has 0 unspecified atom stereocenters. The van der Waals surface area contributed by atoms with Crippen molar-refractivity contribution >= 4 is 17.4 Å². The molecule has 3 aromatic rings. The van der Waals surface area contributed by atoms with E-state index < -0.39 is 23.2 Å². The van der Waals surface area contributed by atoms with Crippen LogP contribution in [0.15, 0.2) is 42.6 Å². The number of ketones is 1. The van der Waals surface area contributed by atoms with Gasteiger partial charge in [0.15, 0.2) is 5.78 Å². The molecule has 0 bridgehead atoms. The Kier molecular flexibility index (Phi) is 4.15. The molecular formula is C17H10ClF3N2O. The molecular weight excluding hydrogens is 341 g/mol. The summed E-state index contributed by atoms with van der Waals surface area (Å²) in [5.74, 6) is -2.66. The van der Waals surface area contributed by atoms with E-state index in [2.05, 4.69) is 5.10 Å². The van der Waals surface area contributed by atoms with Crippen molar-refractivity contribution in [3.63, 3.8) is 0 Å². The summed E-state index contributed by atoms with van der Waals surface area (Å²) in [6.45, 7) is 0. The molecule has 122 valence electrons. The molecule has 1 aromatic heterocycles. The van der Waals surface area contributed by atoms with Crippen LogP contribution in [0.5, 0.6) is 0 Å². The van der Waals surface area contributed by atoms with Gasteiger partial charge in [-0.15, -0.1) is 0 Å². The van der Waals surface area contributed by atoms with Crippen molar-refractivity contribution in [2.24, 2.45) is 7.05 Å². The van der Waals surface area contributed by atoms with E-state index in [0.717, 1.165) is 24.3 Å². The second-order valence-electron chi connectivity index (χ2n) is 5.11. The SMILES string of the molecule is Cn1ncc(C(=O)c2ccc(F)cc2Cl)c1-c1ccc(F)cc1F. The fourth-order valence-corrected chi connectivity index (χ4v) is 2.68. The number of rotatable bonds is 3. The zero-order valence-corrected chi connectivity index (χ0v) is 13.1. The summed E-state index contributed by atoms with van der Waals surface area (Å²) < 4.78 is 41.7. The van der Waals surface area contributed by atoms with Crippen LogP contribution >= 0.6 is 11.6 Å². The number of benzene rings is 2. The van der Waals surface area contributed by atoms with E-state index in [9.17, 15) is 18.0 Å². The van der Waals surface area contributed by atoms with Crippen LogP contribution in [-0.2, 0) is 7.05 Å².